The van der Waals surface area contributed by atoms with Crippen LogP contribution in [0.25, 0.3) is 0 Å². The molecule has 0 heterocycles. The van der Waals surface area contributed by atoms with E-state index >= 15 is 0 Å². The van der Waals surface area contributed by atoms with Gasteiger partial charge in [0.2, 0.25) is 0 Å². The summed E-state index contributed by atoms with van der Waals surface area (Å²) >= 11 is 0. The van der Waals surface area contributed by atoms with Crippen LogP contribution in [0.3, 0.4) is 0 Å². The van der Waals surface area contributed by atoms with Gasteiger partial charge in [0.1, 0.15) is 0 Å². The molecule has 0 N–H and O–H groups in total. The van der Waals surface area contributed by atoms with Crippen molar-refractivity contribution in [3.05, 3.63) is 0 Å². The molecule has 0 rings (SSSR count). The monoisotopic (exact) mass is 104 g/mol. The van der Waals surface area contributed by atoms with Crippen molar-refractivity contribution in [2.45, 2.75) is 0 Å². The SMILES string of the molecule is F.F.F.[HH].[HH].[KH]. The second-order valence-corrected chi connectivity index (χ2v) is 0. The van der Waals surface area contributed by atoms with E-state index in [-0.39, 0.29) is 68.4 Å². The van der Waals surface area contributed by atoms with Crippen LogP contribution < -0.4 is 0 Å². The minimum absolute atomic E-state index is 0. The van der Waals surface area contributed by atoms with Crippen LogP contribution in [0.2, 0.25) is 0 Å². The van der Waals surface area contributed by atoms with Gasteiger partial charge in [-0.15, -0.1) is 0 Å². The predicted molar refractivity (Wildman–Crippen MR) is 18.9 cm³/mol. The van der Waals surface area contributed by atoms with Crippen LogP contribution in [0.1, 0.15) is 2.85 Å². The fourth-order valence-corrected chi connectivity index (χ4v) is 0. The molecule has 0 fully saturated rings. The maximum atomic E-state index is 0. The third-order valence-corrected chi connectivity index (χ3v) is 0. The third-order valence-electron chi connectivity index (χ3n) is 0. The van der Waals surface area contributed by atoms with Gasteiger partial charge in [0, 0.05) is 2.85 Å². The van der Waals surface area contributed by atoms with Gasteiger partial charge in [0.25, 0.3) is 0 Å². The number of hydrogen-bond acceptors (Lipinski definition) is 0. The Morgan fingerprint density at radius 2 is 0.750 bits per heavy atom. The molecule has 0 saturated heterocycles. The van der Waals surface area contributed by atoms with E-state index in [1.54, 1.807) is 0 Å². The Morgan fingerprint density at radius 3 is 0.750 bits per heavy atom. The van der Waals surface area contributed by atoms with E-state index in [1.807, 2.05) is 0 Å². The van der Waals surface area contributed by atoms with Crippen LogP contribution in [0.15, 0.2) is 0 Å². The summed E-state index contributed by atoms with van der Waals surface area (Å²) in [5.41, 5.74) is 0. The molecule has 0 atom stereocenters. The van der Waals surface area contributed by atoms with E-state index in [4.69, 9.17) is 0 Å². The molecule has 0 unspecified atom stereocenters. The molecule has 0 aliphatic heterocycles. The predicted octanol–water partition coefficient (Wildman–Crippen LogP) is 0.301. The molecule has 0 nitrogen and oxygen atoms in total. The van der Waals surface area contributed by atoms with Crippen molar-refractivity contribution in [2.24, 2.45) is 0 Å². The van der Waals surface area contributed by atoms with Crippen LogP contribution in [-0.2, 0) is 0 Å². The molecule has 0 aromatic carbocycles. The van der Waals surface area contributed by atoms with E-state index in [2.05, 4.69) is 0 Å². The van der Waals surface area contributed by atoms with Gasteiger partial charge in [0.15, 0.2) is 0 Å². The van der Waals surface area contributed by atoms with Crippen molar-refractivity contribution in [2.75, 3.05) is 0 Å². The molecule has 0 bridgehead atoms. The number of rotatable bonds is 0. The van der Waals surface area contributed by atoms with Gasteiger partial charge in [0.05, 0.1) is 0 Å². The summed E-state index contributed by atoms with van der Waals surface area (Å²) in [6.45, 7) is 0. The third kappa shape index (κ3) is 9.91. The quantitative estimate of drug-likeness (QED) is 0.388. The Labute approximate surface area is 67.4 Å². The fourth-order valence-electron chi connectivity index (χ4n) is 0. The van der Waals surface area contributed by atoms with Gasteiger partial charge in [-0.05, 0) is 0 Å². The molecular weight excluding hydrogens is 96.1 g/mol. The van der Waals surface area contributed by atoms with Gasteiger partial charge in [-0.1, -0.05) is 0 Å². The first-order chi connectivity index (χ1) is 0. The zero-order chi connectivity index (χ0) is 0. The summed E-state index contributed by atoms with van der Waals surface area (Å²) < 4.78 is 0. The first-order valence-corrected chi connectivity index (χ1v) is 0. The maximum absolute atomic E-state index is 0. The van der Waals surface area contributed by atoms with E-state index < -0.39 is 0 Å². The molecule has 0 saturated carbocycles. The molecular formula is H8F3K. The second kappa shape index (κ2) is 25.5. The molecule has 0 amide bonds. The average molecular weight is 104 g/mol. The van der Waals surface area contributed by atoms with E-state index in [1.165, 1.54) is 0 Å². The minimum atomic E-state index is 0. The first kappa shape index (κ1) is 52.3. The molecule has 0 aliphatic carbocycles. The van der Waals surface area contributed by atoms with Crippen LogP contribution in [-0.4, -0.2) is 51.4 Å². The fraction of sp³-hybridized carbons (Fsp3) is 0. The molecule has 0 aliphatic rings. The summed E-state index contributed by atoms with van der Waals surface area (Å²) in [4.78, 5) is 0. The summed E-state index contributed by atoms with van der Waals surface area (Å²) in [6, 6.07) is 0. The van der Waals surface area contributed by atoms with E-state index in [0.717, 1.165) is 0 Å². The second-order valence-electron chi connectivity index (χ2n) is 0. The summed E-state index contributed by atoms with van der Waals surface area (Å²) in [5.74, 6) is 0. The topological polar surface area (TPSA) is 0 Å². The normalized spacial score (nSPS) is 0. The zero-order valence-corrected chi connectivity index (χ0v) is 1.22. The van der Waals surface area contributed by atoms with Crippen molar-refractivity contribution >= 4 is 51.4 Å². The molecule has 0 radical (unpaired) electrons. The van der Waals surface area contributed by atoms with Crippen molar-refractivity contribution in [3.8, 4) is 0 Å². The average Bonchev–Trinajstić information content (AvgIpc) is 0. The van der Waals surface area contributed by atoms with Crippen LogP contribution in [0, 0.1) is 0 Å². The Hall–Kier alpha value is 1.43. The summed E-state index contributed by atoms with van der Waals surface area (Å²) in [7, 11) is 0. The van der Waals surface area contributed by atoms with Gasteiger partial charge < -0.3 is 0 Å². The van der Waals surface area contributed by atoms with Crippen LogP contribution >= 0.6 is 0 Å². The van der Waals surface area contributed by atoms with Crippen LogP contribution in [0.4, 0.5) is 14.1 Å². The van der Waals surface area contributed by atoms with E-state index in [0.29, 0.717) is 0 Å². The van der Waals surface area contributed by atoms with Gasteiger partial charge >= 0.3 is 51.4 Å². The van der Waals surface area contributed by atoms with Crippen molar-refractivity contribution in [3.63, 3.8) is 0 Å². The van der Waals surface area contributed by atoms with Crippen molar-refractivity contribution < 1.29 is 17.0 Å². The van der Waals surface area contributed by atoms with Crippen molar-refractivity contribution in [1.29, 1.82) is 0 Å². The molecule has 0 aromatic rings. The number of halogens is 3. The summed E-state index contributed by atoms with van der Waals surface area (Å²) in [6.07, 6.45) is 0. The number of hydrogen-bond donors (Lipinski definition) is 0. The molecule has 0 spiro atoms. The Kier molecular flexibility index (Phi) is 334. The standard InChI is InChI=1S/3FH.K.2H2.H/h3*1H;;2*1H;. The Balaban J connectivity index is 0. The molecule has 30 valence electrons. The Bertz CT molecular complexity index is 8.75. The van der Waals surface area contributed by atoms with Crippen LogP contribution in [0.5, 0.6) is 0 Å². The van der Waals surface area contributed by atoms with E-state index in [9.17, 15) is 0 Å². The van der Waals surface area contributed by atoms with Gasteiger partial charge in [-0.25, -0.2) is 0 Å². The van der Waals surface area contributed by atoms with Gasteiger partial charge in [-0.2, -0.15) is 0 Å². The molecule has 4 heavy (non-hydrogen) atoms. The first-order valence-electron chi connectivity index (χ1n) is 0. The molecule has 4 heteroatoms. The van der Waals surface area contributed by atoms with Gasteiger partial charge in [-0.3, -0.25) is 14.1 Å². The molecule has 0 aromatic heterocycles. The summed E-state index contributed by atoms with van der Waals surface area (Å²) in [5, 5.41) is 0. The van der Waals surface area contributed by atoms with Crippen molar-refractivity contribution in [1.82, 2.24) is 0 Å². The Morgan fingerprint density at radius 1 is 0.750 bits per heavy atom. The zero-order valence-electron chi connectivity index (χ0n) is 1.22.